The molecule has 3 heteroatoms. The summed E-state index contributed by atoms with van der Waals surface area (Å²) < 4.78 is 0. The van der Waals surface area contributed by atoms with Crippen LogP contribution in [0.4, 0.5) is 0 Å². The van der Waals surface area contributed by atoms with E-state index in [4.69, 9.17) is 0 Å². The topological polar surface area (TPSA) is 29.1 Å². The van der Waals surface area contributed by atoms with Crippen LogP contribution < -0.4 is 5.32 Å². The largest absolute Gasteiger partial charge is 0.348 e. The Morgan fingerprint density at radius 2 is 2.05 bits per heavy atom. The summed E-state index contributed by atoms with van der Waals surface area (Å²) in [6, 6.07) is 6.03. The lowest BCUT2D eigenvalue weighted by atomic mass is 9.68. The first-order valence-electron chi connectivity index (χ1n) is 7.84. The number of amides is 1. The highest BCUT2D eigenvalue weighted by atomic mass is 32.1. The van der Waals surface area contributed by atoms with E-state index in [9.17, 15) is 4.79 Å². The van der Waals surface area contributed by atoms with Crippen LogP contribution in [0.1, 0.15) is 56.0 Å². The fraction of sp³-hybridized carbons (Fsp3) is 0.611. The Morgan fingerprint density at radius 3 is 2.67 bits per heavy atom. The molecule has 0 radical (unpaired) electrons. The number of carbonyl (C=O) groups excluding carboxylic acids is 1. The number of nitrogens with one attached hydrogen (secondary N) is 1. The standard InChI is InChI=1S/C18H25NOS/c1-11-5-6-13(21)9-14(11)15(20)19-16-17(2,3)12-7-8-18(16,4)10-12/h5-6,9,12,16,21H,7-8,10H2,1-4H3,(H,19,20). The van der Waals surface area contributed by atoms with Crippen molar-refractivity contribution >= 4 is 18.5 Å². The lowest BCUT2D eigenvalue weighted by Gasteiger charge is -2.43. The molecule has 3 rings (SSSR count). The first-order chi connectivity index (χ1) is 9.74. The highest BCUT2D eigenvalue weighted by Crippen LogP contribution is 2.62. The molecule has 2 nitrogen and oxygen atoms in total. The van der Waals surface area contributed by atoms with Gasteiger partial charge in [-0.25, -0.2) is 0 Å². The SMILES string of the molecule is Cc1ccc(S)cc1C(=O)NC1C2(C)CCC(C2)C1(C)C. The second-order valence-corrected chi connectivity index (χ2v) is 8.34. The second kappa shape index (κ2) is 4.77. The summed E-state index contributed by atoms with van der Waals surface area (Å²) in [5, 5.41) is 3.35. The van der Waals surface area contributed by atoms with Gasteiger partial charge in [-0.3, -0.25) is 4.79 Å². The molecule has 0 heterocycles. The van der Waals surface area contributed by atoms with Crippen molar-refractivity contribution in [2.24, 2.45) is 16.7 Å². The molecular formula is C18H25NOS. The zero-order chi connectivity index (χ0) is 15.4. The molecule has 21 heavy (non-hydrogen) atoms. The van der Waals surface area contributed by atoms with Gasteiger partial charge in [0.15, 0.2) is 0 Å². The maximum absolute atomic E-state index is 12.7. The molecule has 114 valence electrons. The summed E-state index contributed by atoms with van der Waals surface area (Å²) >= 11 is 4.36. The number of rotatable bonds is 2. The normalized spacial score (nSPS) is 33.2. The highest BCUT2D eigenvalue weighted by molar-refractivity contribution is 7.80. The van der Waals surface area contributed by atoms with Crippen molar-refractivity contribution in [2.45, 2.75) is 57.9 Å². The van der Waals surface area contributed by atoms with Crippen molar-refractivity contribution in [3.8, 4) is 0 Å². The van der Waals surface area contributed by atoms with Gasteiger partial charge in [-0.1, -0.05) is 26.8 Å². The Balaban J connectivity index is 1.86. The minimum absolute atomic E-state index is 0.0512. The summed E-state index contributed by atoms with van der Waals surface area (Å²) in [6.45, 7) is 8.95. The van der Waals surface area contributed by atoms with Gasteiger partial charge in [0.25, 0.3) is 5.91 Å². The van der Waals surface area contributed by atoms with E-state index in [0.29, 0.717) is 0 Å². The fourth-order valence-electron chi connectivity index (χ4n) is 4.73. The summed E-state index contributed by atoms with van der Waals surface area (Å²) in [5.74, 6) is 0.792. The van der Waals surface area contributed by atoms with Crippen LogP contribution in [0, 0.1) is 23.7 Å². The molecule has 1 amide bonds. The van der Waals surface area contributed by atoms with Crippen molar-refractivity contribution < 1.29 is 4.79 Å². The number of thiol groups is 1. The molecule has 2 fully saturated rings. The van der Waals surface area contributed by atoms with Crippen molar-refractivity contribution in [3.63, 3.8) is 0 Å². The monoisotopic (exact) mass is 303 g/mol. The molecule has 1 N–H and O–H groups in total. The van der Waals surface area contributed by atoms with Crippen LogP contribution in [0.25, 0.3) is 0 Å². The maximum Gasteiger partial charge on any atom is 0.251 e. The van der Waals surface area contributed by atoms with Crippen molar-refractivity contribution in [3.05, 3.63) is 29.3 Å². The van der Waals surface area contributed by atoms with E-state index in [0.717, 1.165) is 21.9 Å². The van der Waals surface area contributed by atoms with Crippen LogP contribution in [0.15, 0.2) is 23.1 Å². The van der Waals surface area contributed by atoms with Crippen LogP contribution in [-0.2, 0) is 0 Å². The average molecular weight is 303 g/mol. The molecule has 2 saturated carbocycles. The van der Waals surface area contributed by atoms with Gasteiger partial charge in [-0.15, -0.1) is 12.6 Å². The van der Waals surface area contributed by atoms with E-state index < -0.39 is 0 Å². The molecule has 3 atom stereocenters. The number of hydrogen-bond donors (Lipinski definition) is 2. The smallest absolute Gasteiger partial charge is 0.251 e. The third-order valence-electron chi connectivity index (χ3n) is 6.01. The quantitative estimate of drug-likeness (QED) is 0.787. The van der Waals surface area contributed by atoms with Crippen molar-refractivity contribution in [1.82, 2.24) is 5.32 Å². The second-order valence-electron chi connectivity index (χ2n) is 7.82. The predicted octanol–water partition coefficient (Wildman–Crippen LogP) is 4.23. The number of carbonyl (C=O) groups is 1. The van der Waals surface area contributed by atoms with Gasteiger partial charge >= 0.3 is 0 Å². The van der Waals surface area contributed by atoms with E-state index in [1.807, 2.05) is 25.1 Å². The van der Waals surface area contributed by atoms with Gasteiger partial charge < -0.3 is 5.32 Å². The number of benzene rings is 1. The number of aryl methyl sites for hydroxylation is 1. The third kappa shape index (κ3) is 2.30. The van der Waals surface area contributed by atoms with E-state index in [-0.39, 0.29) is 22.8 Å². The molecule has 0 aromatic heterocycles. The van der Waals surface area contributed by atoms with Gasteiger partial charge in [0, 0.05) is 16.5 Å². The Kier molecular flexibility index (Phi) is 3.40. The van der Waals surface area contributed by atoms with Crippen LogP contribution >= 0.6 is 12.6 Å². The van der Waals surface area contributed by atoms with E-state index in [2.05, 4.69) is 38.7 Å². The van der Waals surface area contributed by atoms with Crippen LogP contribution in [0.3, 0.4) is 0 Å². The Morgan fingerprint density at radius 1 is 1.33 bits per heavy atom. The van der Waals surface area contributed by atoms with Crippen molar-refractivity contribution in [2.75, 3.05) is 0 Å². The molecule has 0 spiro atoms. The van der Waals surface area contributed by atoms with Gasteiger partial charge in [0.05, 0.1) is 0 Å². The highest BCUT2D eigenvalue weighted by Gasteiger charge is 2.59. The number of fused-ring (bicyclic) bond motifs is 2. The molecule has 2 aliphatic rings. The number of hydrogen-bond acceptors (Lipinski definition) is 2. The molecule has 0 aliphatic heterocycles. The van der Waals surface area contributed by atoms with E-state index in [1.54, 1.807) is 0 Å². The summed E-state index contributed by atoms with van der Waals surface area (Å²) in [6.07, 6.45) is 3.79. The summed E-state index contributed by atoms with van der Waals surface area (Å²) in [7, 11) is 0. The molecule has 2 aliphatic carbocycles. The van der Waals surface area contributed by atoms with E-state index in [1.165, 1.54) is 19.3 Å². The maximum atomic E-state index is 12.7. The Labute approximate surface area is 133 Å². The van der Waals surface area contributed by atoms with Crippen LogP contribution in [0.2, 0.25) is 0 Å². The van der Waals surface area contributed by atoms with E-state index >= 15 is 0 Å². The van der Waals surface area contributed by atoms with Crippen molar-refractivity contribution in [1.29, 1.82) is 0 Å². The lowest BCUT2D eigenvalue weighted by molar-refractivity contribution is 0.0737. The van der Waals surface area contributed by atoms with Gasteiger partial charge in [-0.05, 0) is 60.6 Å². The first-order valence-corrected chi connectivity index (χ1v) is 8.29. The Hall–Kier alpha value is -0.960. The first kappa shape index (κ1) is 15.0. The Bertz CT molecular complexity index is 590. The summed E-state index contributed by atoms with van der Waals surface area (Å²) in [5.41, 5.74) is 2.21. The molecular weight excluding hydrogens is 278 g/mol. The molecule has 1 aromatic rings. The fourth-order valence-corrected chi connectivity index (χ4v) is 4.93. The zero-order valence-electron chi connectivity index (χ0n) is 13.4. The van der Waals surface area contributed by atoms with Crippen LogP contribution in [0.5, 0.6) is 0 Å². The minimum Gasteiger partial charge on any atom is -0.348 e. The van der Waals surface area contributed by atoms with Crippen LogP contribution in [-0.4, -0.2) is 11.9 Å². The third-order valence-corrected chi connectivity index (χ3v) is 6.29. The predicted molar refractivity (Wildman–Crippen MR) is 88.9 cm³/mol. The lowest BCUT2D eigenvalue weighted by Crippen LogP contribution is -2.52. The van der Waals surface area contributed by atoms with Gasteiger partial charge in [0.2, 0.25) is 0 Å². The summed E-state index contributed by atoms with van der Waals surface area (Å²) in [4.78, 5) is 13.6. The molecule has 0 saturated heterocycles. The average Bonchev–Trinajstić information content (AvgIpc) is 2.88. The molecule has 3 unspecified atom stereocenters. The zero-order valence-corrected chi connectivity index (χ0v) is 14.3. The van der Waals surface area contributed by atoms with Gasteiger partial charge in [-0.2, -0.15) is 0 Å². The molecule has 2 bridgehead atoms. The molecule has 1 aromatic carbocycles. The van der Waals surface area contributed by atoms with Gasteiger partial charge in [0.1, 0.15) is 0 Å². The minimum atomic E-state index is 0.0512.